The van der Waals surface area contributed by atoms with Gasteiger partial charge in [0.05, 0.1) is 0 Å². The molecule has 1 aliphatic rings. The number of hydrogen-bond donors (Lipinski definition) is 1. The molecule has 0 aromatic heterocycles. The molecule has 0 fully saturated rings. The van der Waals surface area contributed by atoms with E-state index in [1.165, 1.54) is 5.57 Å². The molecule has 2 N–H and O–H groups in total. The van der Waals surface area contributed by atoms with Crippen LogP contribution in [0.25, 0.3) is 0 Å². The van der Waals surface area contributed by atoms with Crippen LogP contribution in [0.2, 0.25) is 0 Å². The molecule has 0 bridgehead atoms. The second-order valence-corrected chi connectivity index (χ2v) is 6.40. The molecule has 1 aliphatic heterocycles. The van der Waals surface area contributed by atoms with E-state index in [-0.39, 0.29) is 11.3 Å². The van der Waals surface area contributed by atoms with Crippen molar-refractivity contribution in [2.24, 2.45) is 11.1 Å². The number of carbonyl (C=O) groups excluding carboxylic acids is 1. The first-order valence-electron chi connectivity index (χ1n) is 7.18. The summed E-state index contributed by atoms with van der Waals surface area (Å²) >= 11 is 0. The number of benzene rings is 1. The Kier molecular flexibility index (Phi) is 4.29. The van der Waals surface area contributed by atoms with Crippen LogP contribution in [-0.2, 0) is 4.79 Å². The topological polar surface area (TPSA) is 46.3 Å². The van der Waals surface area contributed by atoms with Gasteiger partial charge in [0, 0.05) is 13.1 Å². The summed E-state index contributed by atoms with van der Waals surface area (Å²) in [5, 5.41) is 0. The quantitative estimate of drug-likeness (QED) is 0.841. The molecule has 1 heterocycles. The fourth-order valence-electron chi connectivity index (χ4n) is 2.55. The maximum Gasteiger partial charge on any atom is 0.244 e. The largest absolute Gasteiger partial charge is 0.337 e. The first kappa shape index (κ1) is 14.8. The molecule has 2 rings (SSSR count). The fraction of sp³-hybridized carbons (Fsp3) is 0.471. The van der Waals surface area contributed by atoms with Crippen LogP contribution in [0.4, 0.5) is 0 Å². The molecular formula is C17H24N2O. The molecule has 0 aliphatic carbocycles. The van der Waals surface area contributed by atoms with Crippen molar-refractivity contribution in [1.29, 1.82) is 0 Å². The zero-order valence-electron chi connectivity index (χ0n) is 12.6. The minimum Gasteiger partial charge on any atom is -0.337 e. The molecule has 0 unspecified atom stereocenters. The van der Waals surface area contributed by atoms with E-state index in [4.69, 9.17) is 5.73 Å². The highest BCUT2D eigenvalue weighted by molar-refractivity contribution is 5.83. The number of nitrogens with two attached hydrogens (primary N) is 1. The van der Waals surface area contributed by atoms with Gasteiger partial charge in [0.1, 0.15) is 6.04 Å². The third kappa shape index (κ3) is 3.28. The number of rotatable bonds is 2. The Bertz CT molecular complexity index is 499. The van der Waals surface area contributed by atoms with Crippen molar-refractivity contribution in [3.63, 3.8) is 0 Å². The molecule has 1 aromatic carbocycles. The Balaban J connectivity index is 2.04. The summed E-state index contributed by atoms with van der Waals surface area (Å²) in [5.74, 6) is 0.0143. The molecule has 0 radical (unpaired) electrons. The van der Waals surface area contributed by atoms with Crippen LogP contribution in [-0.4, -0.2) is 23.9 Å². The van der Waals surface area contributed by atoms with Crippen molar-refractivity contribution in [3.8, 4) is 0 Å². The minimum absolute atomic E-state index is 0.0143. The maximum atomic E-state index is 12.4. The Morgan fingerprint density at radius 1 is 1.25 bits per heavy atom. The van der Waals surface area contributed by atoms with E-state index >= 15 is 0 Å². The van der Waals surface area contributed by atoms with Crippen molar-refractivity contribution >= 4 is 5.91 Å². The van der Waals surface area contributed by atoms with Crippen molar-refractivity contribution < 1.29 is 4.79 Å². The summed E-state index contributed by atoms with van der Waals surface area (Å²) in [6.45, 7) is 8.08. The molecule has 1 atom stereocenters. The lowest BCUT2D eigenvalue weighted by Gasteiger charge is -2.33. The number of carbonyl (C=O) groups is 1. The van der Waals surface area contributed by atoms with Crippen LogP contribution < -0.4 is 5.73 Å². The Morgan fingerprint density at radius 3 is 2.40 bits per heavy atom. The molecule has 0 spiro atoms. The SMILES string of the molecule is CC(C)(C)C1=CCN(C(=O)[C@H](N)c2ccccc2)CC1. The Morgan fingerprint density at radius 2 is 1.90 bits per heavy atom. The van der Waals surface area contributed by atoms with Crippen LogP contribution in [0.5, 0.6) is 0 Å². The fourth-order valence-corrected chi connectivity index (χ4v) is 2.55. The normalized spacial score (nSPS) is 17.6. The Labute approximate surface area is 121 Å². The monoisotopic (exact) mass is 272 g/mol. The van der Waals surface area contributed by atoms with E-state index in [1.807, 2.05) is 35.2 Å². The molecule has 0 saturated heterocycles. The van der Waals surface area contributed by atoms with Gasteiger partial charge in [-0.3, -0.25) is 4.79 Å². The van der Waals surface area contributed by atoms with Gasteiger partial charge >= 0.3 is 0 Å². The van der Waals surface area contributed by atoms with Gasteiger partial charge in [-0.15, -0.1) is 0 Å². The highest BCUT2D eigenvalue weighted by Gasteiger charge is 2.26. The van der Waals surface area contributed by atoms with E-state index < -0.39 is 6.04 Å². The van der Waals surface area contributed by atoms with Crippen molar-refractivity contribution in [2.45, 2.75) is 33.2 Å². The summed E-state index contributed by atoms with van der Waals surface area (Å²) in [6.07, 6.45) is 3.12. The predicted octanol–water partition coefficient (Wildman–Crippen LogP) is 2.89. The summed E-state index contributed by atoms with van der Waals surface area (Å²) in [5.41, 5.74) is 8.57. The van der Waals surface area contributed by atoms with Crippen LogP contribution in [0.3, 0.4) is 0 Å². The first-order valence-corrected chi connectivity index (χ1v) is 7.18. The second kappa shape index (κ2) is 5.80. The summed E-state index contributed by atoms with van der Waals surface area (Å²) in [7, 11) is 0. The van der Waals surface area contributed by atoms with Gasteiger partial charge in [0.25, 0.3) is 0 Å². The third-order valence-electron chi connectivity index (χ3n) is 3.91. The van der Waals surface area contributed by atoms with E-state index in [9.17, 15) is 4.79 Å². The van der Waals surface area contributed by atoms with E-state index in [2.05, 4.69) is 26.8 Å². The molecule has 1 amide bonds. The molecule has 3 heteroatoms. The standard InChI is InChI=1S/C17H24N2O/c1-17(2,3)14-9-11-19(12-10-14)16(20)15(18)13-7-5-4-6-8-13/h4-9,15H,10-12,18H2,1-3H3/t15-/m1/s1. The smallest absolute Gasteiger partial charge is 0.244 e. The molecular weight excluding hydrogens is 248 g/mol. The third-order valence-corrected chi connectivity index (χ3v) is 3.91. The zero-order valence-corrected chi connectivity index (χ0v) is 12.6. The highest BCUT2D eigenvalue weighted by atomic mass is 16.2. The van der Waals surface area contributed by atoms with Crippen molar-refractivity contribution in [1.82, 2.24) is 4.90 Å². The van der Waals surface area contributed by atoms with Crippen LogP contribution in [0.15, 0.2) is 42.0 Å². The van der Waals surface area contributed by atoms with Crippen molar-refractivity contribution in [3.05, 3.63) is 47.5 Å². The number of hydrogen-bond acceptors (Lipinski definition) is 2. The summed E-state index contributed by atoms with van der Waals surface area (Å²) < 4.78 is 0. The average Bonchev–Trinajstić information content (AvgIpc) is 2.46. The summed E-state index contributed by atoms with van der Waals surface area (Å²) in [4.78, 5) is 14.3. The molecule has 20 heavy (non-hydrogen) atoms. The van der Waals surface area contributed by atoms with Gasteiger partial charge in [-0.2, -0.15) is 0 Å². The van der Waals surface area contributed by atoms with Gasteiger partial charge in [0.2, 0.25) is 5.91 Å². The molecule has 108 valence electrons. The second-order valence-electron chi connectivity index (χ2n) is 6.40. The van der Waals surface area contributed by atoms with Crippen molar-refractivity contribution in [2.75, 3.05) is 13.1 Å². The maximum absolute atomic E-state index is 12.4. The van der Waals surface area contributed by atoms with E-state index in [1.54, 1.807) is 0 Å². The summed E-state index contributed by atoms with van der Waals surface area (Å²) in [6, 6.07) is 9.01. The van der Waals surface area contributed by atoms with Crippen LogP contribution >= 0.6 is 0 Å². The number of amides is 1. The van der Waals surface area contributed by atoms with Gasteiger partial charge in [0.15, 0.2) is 0 Å². The van der Waals surface area contributed by atoms with E-state index in [0.717, 1.165) is 18.5 Å². The molecule has 0 saturated carbocycles. The lowest BCUT2D eigenvalue weighted by molar-refractivity contribution is -0.132. The van der Waals surface area contributed by atoms with Gasteiger partial charge in [-0.1, -0.05) is 62.8 Å². The predicted molar refractivity (Wildman–Crippen MR) is 82.1 cm³/mol. The molecule has 3 nitrogen and oxygen atoms in total. The van der Waals surface area contributed by atoms with Gasteiger partial charge < -0.3 is 10.6 Å². The highest BCUT2D eigenvalue weighted by Crippen LogP contribution is 2.30. The van der Waals surface area contributed by atoms with E-state index in [0.29, 0.717) is 6.54 Å². The number of nitrogens with zero attached hydrogens (tertiary/aromatic N) is 1. The minimum atomic E-state index is -0.555. The molecule has 1 aromatic rings. The lowest BCUT2D eigenvalue weighted by atomic mass is 9.83. The average molecular weight is 272 g/mol. The van der Waals surface area contributed by atoms with Gasteiger partial charge in [-0.25, -0.2) is 0 Å². The Hall–Kier alpha value is -1.61. The van der Waals surface area contributed by atoms with Crippen LogP contribution in [0.1, 0.15) is 38.8 Å². The lowest BCUT2D eigenvalue weighted by Crippen LogP contribution is -2.41. The van der Waals surface area contributed by atoms with Gasteiger partial charge in [-0.05, 0) is 17.4 Å². The zero-order chi connectivity index (χ0) is 14.8. The van der Waals surface area contributed by atoms with Crippen LogP contribution in [0, 0.1) is 5.41 Å². The first-order chi connectivity index (χ1) is 9.39.